The summed E-state index contributed by atoms with van der Waals surface area (Å²) in [6, 6.07) is 67.1. The molecule has 4 heterocycles. The molecule has 302 valence electrons. The molecule has 5 heteroatoms. The highest BCUT2D eigenvalue weighted by Crippen LogP contribution is 2.46. The van der Waals surface area contributed by atoms with Gasteiger partial charge in [0, 0.05) is 64.6 Å². The molecular formula is C59H39N3OS. The van der Waals surface area contributed by atoms with Gasteiger partial charge in [0.05, 0.1) is 27.8 Å². The minimum Gasteiger partial charge on any atom is -0.455 e. The second-order valence-corrected chi connectivity index (χ2v) is 18.0. The lowest BCUT2D eigenvalue weighted by Crippen LogP contribution is -2.13. The number of furan rings is 1. The Bertz CT molecular complexity index is 3800. The molecule has 13 rings (SSSR count). The van der Waals surface area contributed by atoms with Crippen LogP contribution < -0.4 is 0 Å². The van der Waals surface area contributed by atoms with Crippen molar-refractivity contribution in [3.05, 3.63) is 218 Å². The van der Waals surface area contributed by atoms with E-state index < -0.39 is 0 Å². The van der Waals surface area contributed by atoms with E-state index in [1.807, 2.05) is 29.5 Å². The smallest absolute Gasteiger partial charge is 0.145 e. The molecule has 1 aliphatic rings. The first-order valence-electron chi connectivity index (χ1n) is 21.9. The Morgan fingerprint density at radius 3 is 1.92 bits per heavy atom. The molecule has 0 fully saturated rings. The summed E-state index contributed by atoms with van der Waals surface area (Å²) in [5, 5.41) is 7.07. The average molecular weight is 838 g/mol. The van der Waals surface area contributed by atoms with E-state index in [0.29, 0.717) is 0 Å². The number of fused-ring (bicyclic) bond motifs is 10. The Labute approximate surface area is 373 Å². The number of thiophene rings is 1. The number of aromatic nitrogens is 3. The van der Waals surface area contributed by atoms with Gasteiger partial charge in [-0.25, -0.2) is 9.97 Å². The summed E-state index contributed by atoms with van der Waals surface area (Å²) in [4.78, 5) is 10.5. The minimum absolute atomic E-state index is 0.00378. The van der Waals surface area contributed by atoms with E-state index in [4.69, 9.17) is 14.4 Å². The van der Waals surface area contributed by atoms with Gasteiger partial charge in [-0.05, 0) is 71.1 Å². The lowest BCUT2D eigenvalue weighted by atomic mass is 9.84. The van der Waals surface area contributed by atoms with Crippen molar-refractivity contribution in [2.45, 2.75) is 12.8 Å². The van der Waals surface area contributed by atoms with Gasteiger partial charge in [0.15, 0.2) is 0 Å². The zero-order chi connectivity index (χ0) is 42.3. The summed E-state index contributed by atoms with van der Waals surface area (Å²) in [5.74, 6) is 0.957. The van der Waals surface area contributed by atoms with Gasteiger partial charge in [-0.15, -0.1) is 11.3 Å². The molecule has 0 radical (unpaired) electrons. The Morgan fingerprint density at radius 2 is 1.19 bits per heavy atom. The van der Waals surface area contributed by atoms with Crippen LogP contribution in [0.15, 0.2) is 211 Å². The molecule has 4 nitrogen and oxygen atoms in total. The molecule has 12 aromatic rings. The van der Waals surface area contributed by atoms with Crippen molar-refractivity contribution in [3.8, 4) is 39.3 Å². The van der Waals surface area contributed by atoms with E-state index in [1.165, 1.54) is 42.4 Å². The number of allylic oxidation sites excluding steroid dienone is 4. The second-order valence-electron chi connectivity index (χ2n) is 16.9. The van der Waals surface area contributed by atoms with Gasteiger partial charge in [0.2, 0.25) is 0 Å². The fraction of sp³-hybridized carbons (Fsp3) is 0.0508. The molecular weight excluding hydrogens is 799 g/mol. The van der Waals surface area contributed by atoms with Crippen LogP contribution in [0.4, 0.5) is 0 Å². The molecule has 0 saturated carbocycles. The first-order chi connectivity index (χ1) is 31.6. The molecule has 0 bridgehead atoms. The van der Waals surface area contributed by atoms with E-state index in [1.54, 1.807) is 0 Å². The van der Waals surface area contributed by atoms with Crippen molar-refractivity contribution in [1.29, 1.82) is 0 Å². The summed E-state index contributed by atoms with van der Waals surface area (Å²) >= 11 is 1.87. The van der Waals surface area contributed by atoms with Crippen LogP contribution in [0.25, 0.3) is 109 Å². The molecule has 0 N–H and O–H groups in total. The van der Waals surface area contributed by atoms with Crippen LogP contribution in [-0.2, 0) is 0 Å². The van der Waals surface area contributed by atoms with Crippen molar-refractivity contribution in [2.24, 2.45) is 5.92 Å². The Kier molecular flexibility index (Phi) is 8.40. The normalized spacial score (nSPS) is 15.3. The maximum absolute atomic E-state index is 6.76. The van der Waals surface area contributed by atoms with Gasteiger partial charge < -0.3 is 8.98 Å². The standard InChI is InChI=1S/C59H39N3OS/c1-36-31-41(26-27-43(36)59-60-50(38-17-7-3-8-18-38)35-51(61-59)39-19-9-4-10-20-39)48-33-42(34-49-45-22-12-14-24-55(45)64-58(48)49)62-52-30-29-46-44-21-11-13-23-54(44)63-57(46)56(52)47-28-25-40(32-53(47)62)37-15-5-2-6-16-37/h2-36,43H,1H3. The maximum Gasteiger partial charge on any atom is 0.145 e. The van der Waals surface area contributed by atoms with Gasteiger partial charge in [-0.3, -0.25) is 0 Å². The molecule has 64 heavy (non-hydrogen) atoms. The molecule has 2 unspecified atom stereocenters. The third kappa shape index (κ3) is 5.89. The summed E-state index contributed by atoms with van der Waals surface area (Å²) in [6.07, 6.45) is 7.08. The Balaban J connectivity index is 1.01. The van der Waals surface area contributed by atoms with Crippen molar-refractivity contribution < 1.29 is 4.42 Å². The third-order valence-corrected chi connectivity index (χ3v) is 14.3. The molecule has 4 aromatic heterocycles. The first kappa shape index (κ1) is 36.8. The van der Waals surface area contributed by atoms with Crippen LogP contribution in [0.2, 0.25) is 0 Å². The predicted octanol–water partition coefficient (Wildman–Crippen LogP) is 16.2. The SMILES string of the molecule is CC1C=C(c2cc(-n3c4cc(-c5ccccc5)ccc4c4c5oc6ccccc6c5ccc43)cc3c2sc2ccccc23)C=CC1c1nc(-c2ccccc2)cc(-c2ccccc2)n1. The average Bonchev–Trinajstić information content (AvgIpc) is 4.04. The molecule has 0 spiro atoms. The summed E-state index contributed by atoms with van der Waals surface area (Å²) in [7, 11) is 0. The second kappa shape index (κ2) is 14.6. The van der Waals surface area contributed by atoms with E-state index in [9.17, 15) is 0 Å². The van der Waals surface area contributed by atoms with Gasteiger partial charge in [-0.2, -0.15) is 0 Å². The van der Waals surface area contributed by atoms with Gasteiger partial charge >= 0.3 is 0 Å². The predicted molar refractivity (Wildman–Crippen MR) is 268 cm³/mol. The lowest BCUT2D eigenvalue weighted by molar-refractivity contribution is 0.605. The number of hydrogen-bond acceptors (Lipinski definition) is 4. The van der Waals surface area contributed by atoms with Crippen molar-refractivity contribution in [3.63, 3.8) is 0 Å². The highest BCUT2D eigenvalue weighted by molar-refractivity contribution is 7.26. The molecule has 0 amide bonds. The largest absolute Gasteiger partial charge is 0.455 e. The molecule has 1 aliphatic carbocycles. The highest BCUT2D eigenvalue weighted by Gasteiger charge is 2.26. The fourth-order valence-corrected chi connectivity index (χ4v) is 11.2. The van der Waals surface area contributed by atoms with Crippen LogP contribution in [0.1, 0.15) is 24.2 Å². The van der Waals surface area contributed by atoms with E-state index in [0.717, 1.165) is 77.8 Å². The van der Waals surface area contributed by atoms with E-state index >= 15 is 0 Å². The quantitative estimate of drug-likeness (QED) is 0.168. The maximum atomic E-state index is 6.76. The summed E-state index contributed by atoms with van der Waals surface area (Å²) in [5.41, 5.74) is 14.0. The van der Waals surface area contributed by atoms with Crippen molar-refractivity contribution in [1.82, 2.24) is 14.5 Å². The number of rotatable bonds is 6. The minimum atomic E-state index is -0.00378. The monoisotopic (exact) mass is 837 g/mol. The van der Waals surface area contributed by atoms with Crippen LogP contribution in [0, 0.1) is 5.92 Å². The number of para-hydroxylation sites is 1. The third-order valence-electron chi connectivity index (χ3n) is 13.1. The van der Waals surface area contributed by atoms with Crippen LogP contribution in [0.3, 0.4) is 0 Å². The molecule has 2 atom stereocenters. The Morgan fingerprint density at radius 1 is 0.531 bits per heavy atom. The van der Waals surface area contributed by atoms with E-state index in [-0.39, 0.29) is 11.8 Å². The molecule has 0 aliphatic heterocycles. The van der Waals surface area contributed by atoms with Crippen LogP contribution in [-0.4, -0.2) is 14.5 Å². The zero-order valence-corrected chi connectivity index (χ0v) is 35.8. The van der Waals surface area contributed by atoms with Crippen molar-refractivity contribution >= 4 is 80.8 Å². The van der Waals surface area contributed by atoms with E-state index in [2.05, 4.69) is 200 Å². The van der Waals surface area contributed by atoms with Gasteiger partial charge in [-0.1, -0.05) is 165 Å². The fourth-order valence-electron chi connectivity index (χ4n) is 9.98. The summed E-state index contributed by atoms with van der Waals surface area (Å²) in [6.45, 7) is 2.30. The Hall–Kier alpha value is -7.86. The first-order valence-corrected chi connectivity index (χ1v) is 22.7. The molecule has 0 saturated heterocycles. The zero-order valence-electron chi connectivity index (χ0n) is 34.9. The topological polar surface area (TPSA) is 43.9 Å². The number of hydrogen-bond donors (Lipinski definition) is 0. The lowest BCUT2D eigenvalue weighted by Gasteiger charge is -2.24. The highest BCUT2D eigenvalue weighted by atomic mass is 32.1. The van der Waals surface area contributed by atoms with Crippen molar-refractivity contribution in [2.75, 3.05) is 0 Å². The van der Waals surface area contributed by atoms with Crippen LogP contribution >= 0.6 is 11.3 Å². The molecule has 8 aromatic carbocycles. The van der Waals surface area contributed by atoms with Crippen LogP contribution in [0.5, 0.6) is 0 Å². The van der Waals surface area contributed by atoms with Gasteiger partial charge in [0.1, 0.15) is 17.0 Å². The number of nitrogens with zero attached hydrogens (tertiary/aromatic N) is 3. The number of benzene rings is 8. The van der Waals surface area contributed by atoms with Gasteiger partial charge in [0.25, 0.3) is 0 Å². The summed E-state index contributed by atoms with van der Waals surface area (Å²) < 4.78 is 11.8.